The normalized spacial score (nSPS) is 14.1. The van der Waals surface area contributed by atoms with Crippen LogP contribution in [0.15, 0.2) is 108 Å². The molecule has 0 radical (unpaired) electrons. The van der Waals surface area contributed by atoms with Gasteiger partial charge in [0.2, 0.25) is 11.8 Å². The van der Waals surface area contributed by atoms with Gasteiger partial charge >= 0.3 is 0 Å². The molecule has 11 heteroatoms. The summed E-state index contributed by atoms with van der Waals surface area (Å²) in [7, 11) is -4.23. The molecule has 1 N–H and O–H groups in total. The van der Waals surface area contributed by atoms with E-state index in [1.54, 1.807) is 60.7 Å². The molecule has 0 spiro atoms. The molecule has 0 unspecified atom stereocenters. The van der Waals surface area contributed by atoms with Gasteiger partial charge in [0.1, 0.15) is 24.1 Å². The van der Waals surface area contributed by atoms with Crippen LogP contribution in [0.4, 0.5) is 5.69 Å². The van der Waals surface area contributed by atoms with Gasteiger partial charge in [-0.25, -0.2) is 8.42 Å². The molecule has 8 nitrogen and oxygen atoms in total. The lowest BCUT2D eigenvalue weighted by Gasteiger charge is -2.34. The Kier molecular flexibility index (Phi) is 12.0. The second-order valence-corrected chi connectivity index (χ2v) is 14.4. The van der Waals surface area contributed by atoms with E-state index in [4.69, 9.17) is 27.9 Å². The first-order valence-electron chi connectivity index (χ1n) is 16.1. The van der Waals surface area contributed by atoms with Gasteiger partial charge in [-0.3, -0.25) is 13.9 Å². The Balaban J connectivity index is 1.50. The number of para-hydroxylation sites is 1. The van der Waals surface area contributed by atoms with Crippen LogP contribution in [0.3, 0.4) is 0 Å². The monoisotopic (exact) mass is 707 g/mol. The predicted molar refractivity (Wildman–Crippen MR) is 190 cm³/mol. The smallest absolute Gasteiger partial charge is 0.264 e. The number of hydrogen-bond acceptors (Lipinski definition) is 5. The zero-order valence-corrected chi connectivity index (χ0v) is 29.1. The van der Waals surface area contributed by atoms with Crippen molar-refractivity contribution in [2.75, 3.05) is 10.8 Å². The van der Waals surface area contributed by atoms with Crippen molar-refractivity contribution >= 4 is 50.7 Å². The zero-order chi connectivity index (χ0) is 34.1. The van der Waals surface area contributed by atoms with Crippen LogP contribution >= 0.6 is 23.2 Å². The molecule has 1 fully saturated rings. The average molecular weight is 709 g/mol. The highest BCUT2D eigenvalue weighted by Gasteiger charge is 2.35. The fourth-order valence-corrected chi connectivity index (χ4v) is 7.82. The maximum absolute atomic E-state index is 14.5. The van der Waals surface area contributed by atoms with Gasteiger partial charge < -0.3 is 15.0 Å². The predicted octanol–water partition coefficient (Wildman–Crippen LogP) is 8.24. The van der Waals surface area contributed by atoms with Crippen molar-refractivity contribution in [3.63, 3.8) is 0 Å². The number of amides is 2. The number of ether oxygens (including phenoxy) is 1. The van der Waals surface area contributed by atoms with Crippen LogP contribution in [-0.2, 0) is 26.2 Å². The lowest BCUT2D eigenvalue weighted by atomic mass is 9.95. The minimum atomic E-state index is -4.23. The van der Waals surface area contributed by atoms with Crippen LogP contribution in [-0.4, -0.2) is 43.8 Å². The van der Waals surface area contributed by atoms with Crippen molar-refractivity contribution < 1.29 is 22.7 Å². The maximum atomic E-state index is 14.5. The number of carbonyl (C=O) groups excluding carboxylic acids is 2. The Labute approximate surface area is 292 Å². The molecule has 4 aromatic rings. The van der Waals surface area contributed by atoms with Crippen molar-refractivity contribution in [1.29, 1.82) is 0 Å². The Morgan fingerprint density at radius 1 is 0.812 bits per heavy atom. The minimum absolute atomic E-state index is 0.0187. The Hall–Kier alpha value is -4.05. The number of benzene rings is 4. The number of rotatable bonds is 13. The third-order valence-corrected chi connectivity index (χ3v) is 10.9. The molecule has 1 aliphatic rings. The summed E-state index contributed by atoms with van der Waals surface area (Å²) >= 11 is 13.1. The van der Waals surface area contributed by atoms with Gasteiger partial charge in [0.05, 0.1) is 10.6 Å². The molecule has 4 aromatic carbocycles. The SMILES string of the molecule is CC[C@H](C(=O)NC1CCCCC1)N(Cc1c(Cl)cccc1Cl)C(=O)CN(c1ccc(Oc2ccccc2)cc1)S(=O)(=O)c1ccccc1. The van der Waals surface area contributed by atoms with Gasteiger partial charge in [-0.1, -0.05) is 91.9 Å². The molecule has 48 heavy (non-hydrogen) atoms. The van der Waals surface area contributed by atoms with Crippen molar-refractivity contribution in [2.45, 2.75) is 69.0 Å². The first kappa shape index (κ1) is 35.3. The summed E-state index contributed by atoms with van der Waals surface area (Å²) in [5.74, 6) is 0.246. The van der Waals surface area contributed by atoms with Crippen molar-refractivity contribution in [2.24, 2.45) is 0 Å². The number of carbonyl (C=O) groups is 2. The van der Waals surface area contributed by atoms with E-state index in [1.807, 2.05) is 37.3 Å². The van der Waals surface area contributed by atoms with E-state index >= 15 is 0 Å². The highest BCUT2D eigenvalue weighted by atomic mass is 35.5. The Morgan fingerprint density at radius 3 is 2.00 bits per heavy atom. The van der Waals surface area contributed by atoms with Crippen molar-refractivity contribution in [3.8, 4) is 11.5 Å². The van der Waals surface area contributed by atoms with Gasteiger partial charge in [0.15, 0.2) is 0 Å². The van der Waals surface area contributed by atoms with E-state index in [0.717, 1.165) is 36.4 Å². The molecule has 0 aromatic heterocycles. The second-order valence-electron chi connectivity index (χ2n) is 11.7. The van der Waals surface area contributed by atoms with E-state index in [1.165, 1.54) is 17.0 Å². The molecular weight excluding hydrogens is 669 g/mol. The van der Waals surface area contributed by atoms with Gasteiger partial charge in [-0.2, -0.15) is 0 Å². The van der Waals surface area contributed by atoms with Gasteiger partial charge in [-0.15, -0.1) is 0 Å². The number of hydrogen-bond donors (Lipinski definition) is 1. The fourth-order valence-electron chi connectivity index (χ4n) is 5.87. The summed E-state index contributed by atoms with van der Waals surface area (Å²) < 4.78 is 35.3. The minimum Gasteiger partial charge on any atom is -0.457 e. The summed E-state index contributed by atoms with van der Waals surface area (Å²) in [5, 5.41) is 3.82. The molecule has 252 valence electrons. The van der Waals surface area contributed by atoms with Crippen molar-refractivity contribution in [3.05, 3.63) is 119 Å². The van der Waals surface area contributed by atoms with Gasteiger partial charge in [-0.05, 0) is 79.9 Å². The molecule has 1 atom stereocenters. The van der Waals surface area contributed by atoms with Crippen LogP contribution in [0.1, 0.15) is 51.0 Å². The average Bonchev–Trinajstić information content (AvgIpc) is 3.10. The molecule has 0 saturated heterocycles. The molecule has 0 bridgehead atoms. The molecule has 2 amide bonds. The summed E-state index contributed by atoms with van der Waals surface area (Å²) in [5.41, 5.74) is 0.723. The van der Waals surface area contributed by atoms with Crippen LogP contribution in [0.2, 0.25) is 10.0 Å². The topological polar surface area (TPSA) is 96.0 Å². The highest BCUT2D eigenvalue weighted by molar-refractivity contribution is 7.92. The summed E-state index contributed by atoms with van der Waals surface area (Å²) in [6.07, 6.45) is 5.23. The quantitative estimate of drug-likeness (QED) is 0.151. The van der Waals surface area contributed by atoms with Crippen molar-refractivity contribution in [1.82, 2.24) is 10.2 Å². The molecule has 1 aliphatic carbocycles. The number of nitrogens with zero attached hydrogens (tertiary/aromatic N) is 2. The third-order valence-electron chi connectivity index (χ3n) is 8.44. The highest BCUT2D eigenvalue weighted by Crippen LogP contribution is 2.31. The first-order valence-corrected chi connectivity index (χ1v) is 18.3. The lowest BCUT2D eigenvalue weighted by molar-refractivity contribution is -0.140. The lowest BCUT2D eigenvalue weighted by Crippen LogP contribution is -2.54. The summed E-state index contributed by atoms with van der Waals surface area (Å²) in [6.45, 7) is 1.16. The van der Waals surface area contributed by atoms with E-state index in [2.05, 4.69) is 5.32 Å². The maximum Gasteiger partial charge on any atom is 0.264 e. The van der Waals surface area contributed by atoms with Crippen LogP contribution in [0.5, 0.6) is 11.5 Å². The van der Waals surface area contributed by atoms with Gasteiger partial charge in [0.25, 0.3) is 10.0 Å². The summed E-state index contributed by atoms with van der Waals surface area (Å²) in [6, 6.07) is 27.8. The van der Waals surface area contributed by atoms with E-state index in [0.29, 0.717) is 33.5 Å². The van der Waals surface area contributed by atoms with E-state index in [9.17, 15) is 18.0 Å². The molecule has 5 rings (SSSR count). The number of anilines is 1. The molecular formula is C37H39Cl2N3O5S. The standard InChI is InChI=1S/C37H39Cl2N3O5S/c1-2-35(37(44)40-27-13-6-3-7-14-27)41(25-32-33(38)19-12-20-34(32)39)36(43)26-42(48(45,46)31-17-10-5-11-18-31)28-21-23-30(24-22-28)47-29-15-8-4-9-16-29/h4-5,8-12,15-24,27,35H,2-3,6-7,13-14,25-26H2,1H3,(H,40,44)/t35-/m1/s1. The molecule has 0 aliphatic heterocycles. The fraction of sp³-hybridized carbons (Fsp3) is 0.297. The summed E-state index contributed by atoms with van der Waals surface area (Å²) in [4.78, 5) is 29.7. The van der Waals surface area contributed by atoms with Crippen LogP contribution in [0, 0.1) is 0 Å². The Morgan fingerprint density at radius 2 is 1.40 bits per heavy atom. The van der Waals surface area contributed by atoms with Crippen LogP contribution < -0.4 is 14.4 Å². The third kappa shape index (κ3) is 8.69. The molecule has 1 saturated carbocycles. The number of sulfonamides is 1. The van der Waals surface area contributed by atoms with E-state index < -0.39 is 28.5 Å². The first-order chi connectivity index (χ1) is 23.2. The molecule has 0 heterocycles. The second kappa shape index (κ2) is 16.4. The van der Waals surface area contributed by atoms with E-state index in [-0.39, 0.29) is 29.1 Å². The Bertz CT molecular complexity index is 1760. The van der Waals surface area contributed by atoms with Gasteiger partial charge in [0, 0.05) is 28.2 Å². The number of nitrogens with one attached hydrogen (secondary N) is 1. The van der Waals surface area contributed by atoms with Crippen LogP contribution in [0.25, 0.3) is 0 Å². The number of halogens is 2. The zero-order valence-electron chi connectivity index (χ0n) is 26.7. The largest absolute Gasteiger partial charge is 0.457 e.